The Labute approximate surface area is 276 Å². The average molecular weight is 643 g/mol. The third-order valence-electron chi connectivity index (χ3n) is 14.0. The molecule has 0 aromatic carbocycles. The molecule has 0 N–H and O–H groups in total. The van der Waals surface area contributed by atoms with Crippen molar-refractivity contribution < 1.29 is 38.1 Å². The smallest absolute Gasteiger partial charge is 0.303 e. The quantitative estimate of drug-likeness (QED) is 0.174. The summed E-state index contributed by atoms with van der Waals surface area (Å²) in [5.74, 6) is 0.0487. The maximum atomic E-state index is 12.3. The summed E-state index contributed by atoms with van der Waals surface area (Å²) in [5.41, 5.74) is 0.702. The van der Waals surface area contributed by atoms with Crippen LogP contribution in [0.25, 0.3) is 0 Å². The van der Waals surface area contributed by atoms with Gasteiger partial charge in [-0.2, -0.15) is 0 Å². The second-order valence-corrected chi connectivity index (χ2v) is 17.3. The highest BCUT2D eigenvalue weighted by molar-refractivity contribution is 5.68. The molecule has 5 rings (SSSR count). The largest absolute Gasteiger partial charge is 0.465 e. The third kappa shape index (κ3) is 5.71. The van der Waals surface area contributed by atoms with Gasteiger partial charge in [-0.15, -0.1) is 0 Å². The molecular formula is C38H58O8. The van der Waals surface area contributed by atoms with Crippen LogP contribution in [0.3, 0.4) is 0 Å². The lowest BCUT2D eigenvalue weighted by atomic mass is 9.41. The van der Waals surface area contributed by atoms with Crippen LogP contribution in [0.4, 0.5) is 0 Å². The lowest BCUT2D eigenvalue weighted by Crippen LogP contribution is -2.61. The van der Waals surface area contributed by atoms with Crippen LogP contribution in [-0.4, -0.2) is 48.8 Å². The van der Waals surface area contributed by atoms with E-state index in [1.165, 1.54) is 27.7 Å². The van der Waals surface area contributed by atoms with Crippen molar-refractivity contribution in [3.8, 4) is 0 Å². The van der Waals surface area contributed by atoms with Gasteiger partial charge in [0, 0.05) is 38.5 Å². The highest BCUT2D eigenvalue weighted by Crippen LogP contribution is 2.70. The van der Waals surface area contributed by atoms with E-state index < -0.39 is 17.6 Å². The monoisotopic (exact) mass is 642 g/mol. The number of carbonyl (C=O) groups excluding carboxylic acids is 4. The first-order chi connectivity index (χ1) is 21.3. The number of hydrogen-bond acceptors (Lipinski definition) is 8. The van der Waals surface area contributed by atoms with Crippen molar-refractivity contribution in [3.05, 3.63) is 11.6 Å². The van der Waals surface area contributed by atoms with Gasteiger partial charge in [0.1, 0.15) is 24.9 Å². The zero-order chi connectivity index (χ0) is 34.0. The van der Waals surface area contributed by atoms with Gasteiger partial charge in [-0.3, -0.25) is 19.2 Å². The molecule has 4 fully saturated rings. The van der Waals surface area contributed by atoms with Crippen LogP contribution < -0.4 is 0 Å². The van der Waals surface area contributed by atoms with E-state index in [9.17, 15) is 19.2 Å². The molecule has 0 radical (unpaired) electrons. The molecule has 4 saturated carbocycles. The van der Waals surface area contributed by atoms with Gasteiger partial charge < -0.3 is 18.9 Å². The highest BCUT2D eigenvalue weighted by Gasteiger charge is 2.66. The Kier molecular flexibility index (Phi) is 9.07. The maximum absolute atomic E-state index is 12.3. The predicted molar refractivity (Wildman–Crippen MR) is 173 cm³/mol. The van der Waals surface area contributed by atoms with Crippen LogP contribution in [0.1, 0.15) is 127 Å². The van der Waals surface area contributed by atoms with E-state index >= 15 is 0 Å². The Bertz CT molecular complexity index is 1290. The van der Waals surface area contributed by atoms with Gasteiger partial charge in [-0.25, -0.2) is 0 Å². The van der Waals surface area contributed by atoms with E-state index in [2.05, 4.69) is 47.6 Å². The SMILES string of the molecule is CC(=O)OC[C@]1(C)[C@@H]2CC[C@@]3(C)CC4=CC[C@H]5C(C)(C)[C@H](OC(C)=O)[C@H](OC(C)=O)C[C@]5(C)[C@H]4CC[C@@H]3[C@@]2(C)CC[C@@H]1OC(C)=O. The van der Waals surface area contributed by atoms with Gasteiger partial charge in [0.05, 0.1) is 0 Å². The van der Waals surface area contributed by atoms with Crippen molar-refractivity contribution in [3.63, 3.8) is 0 Å². The number of allylic oxidation sites excluding steroid dienone is 2. The molecule has 0 unspecified atom stereocenters. The topological polar surface area (TPSA) is 105 Å². The molecule has 5 aliphatic rings. The number of hydrogen-bond donors (Lipinski definition) is 0. The molecule has 0 heterocycles. The fraction of sp³-hybridized carbons (Fsp3) is 0.842. The molecule has 258 valence electrons. The van der Waals surface area contributed by atoms with Crippen LogP contribution in [0.15, 0.2) is 11.6 Å². The minimum absolute atomic E-state index is 0.000552. The van der Waals surface area contributed by atoms with Gasteiger partial charge in [0.25, 0.3) is 0 Å². The van der Waals surface area contributed by atoms with E-state index in [4.69, 9.17) is 18.9 Å². The summed E-state index contributed by atoms with van der Waals surface area (Å²) in [4.78, 5) is 48.8. The summed E-state index contributed by atoms with van der Waals surface area (Å²) in [6.45, 7) is 20.0. The van der Waals surface area contributed by atoms with Crippen LogP contribution in [0.5, 0.6) is 0 Å². The summed E-state index contributed by atoms with van der Waals surface area (Å²) in [7, 11) is 0. The van der Waals surface area contributed by atoms with Gasteiger partial charge in [0.15, 0.2) is 0 Å². The number of carbonyl (C=O) groups is 4. The summed E-state index contributed by atoms with van der Waals surface area (Å²) in [6, 6.07) is 0. The van der Waals surface area contributed by atoms with E-state index in [1.54, 1.807) is 5.57 Å². The molecule has 11 atom stereocenters. The van der Waals surface area contributed by atoms with Crippen LogP contribution >= 0.6 is 0 Å². The minimum atomic E-state index is -0.491. The van der Waals surface area contributed by atoms with E-state index in [-0.39, 0.29) is 70.1 Å². The van der Waals surface area contributed by atoms with E-state index in [0.29, 0.717) is 18.3 Å². The Morgan fingerprint density at radius 2 is 1.37 bits per heavy atom. The summed E-state index contributed by atoms with van der Waals surface area (Å²) < 4.78 is 23.5. The molecule has 8 nitrogen and oxygen atoms in total. The Morgan fingerprint density at radius 3 is 1.98 bits per heavy atom. The first-order valence-electron chi connectivity index (χ1n) is 17.6. The summed E-state index contributed by atoms with van der Waals surface area (Å²) >= 11 is 0. The molecule has 46 heavy (non-hydrogen) atoms. The maximum Gasteiger partial charge on any atom is 0.303 e. The van der Waals surface area contributed by atoms with E-state index in [1.807, 2.05) is 0 Å². The number of esters is 4. The van der Waals surface area contributed by atoms with Crippen LogP contribution in [0.2, 0.25) is 0 Å². The van der Waals surface area contributed by atoms with Crippen LogP contribution in [0, 0.1) is 50.7 Å². The number of ether oxygens (including phenoxy) is 4. The Balaban J connectivity index is 1.49. The zero-order valence-corrected chi connectivity index (χ0v) is 30.0. The third-order valence-corrected chi connectivity index (χ3v) is 14.0. The molecule has 5 aliphatic carbocycles. The lowest BCUT2D eigenvalue weighted by molar-refractivity contribution is -0.212. The van der Waals surface area contributed by atoms with Gasteiger partial charge in [0.2, 0.25) is 0 Å². The first kappa shape index (κ1) is 34.9. The first-order valence-corrected chi connectivity index (χ1v) is 17.6. The molecule has 0 bridgehead atoms. The lowest BCUT2D eigenvalue weighted by Gasteiger charge is -2.64. The fourth-order valence-electron chi connectivity index (χ4n) is 12.4. The molecular weight excluding hydrogens is 584 g/mol. The molecule has 8 heteroatoms. The second kappa shape index (κ2) is 11.9. The zero-order valence-electron chi connectivity index (χ0n) is 30.0. The van der Waals surface area contributed by atoms with Gasteiger partial charge in [-0.05, 0) is 97.7 Å². The summed E-state index contributed by atoms with van der Waals surface area (Å²) in [5, 5.41) is 0. The predicted octanol–water partition coefficient (Wildman–Crippen LogP) is 7.37. The minimum Gasteiger partial charge on any atom is -0.465 e. The second-order valence-electron chi connectivity index (χ2n) is 17.3. The average Bonchev–Trinajstić information content (AvgIpc) is 3.08. The molecule has 0 spiro atoms. The highest BCUT2D eigenvalue weighted by atomic mass is 16.6. The van der Waals surface area contributed by atoms with Crippen molar-refractivity contribution in [2.24, 2.45) is 50.7 Å². The van der Waals surface area contributed by atoms with Gasteiger partial charge >= 0.3 is 23.9 Å². The normalized spacial score (nSPS) is 44.4. The Hall–Kier alpha value is -2.38. The molecule has 0 aromatic heterocycles. The molecule has 0 aromatic rings. The van der Waals surface area contributed by atoms with Crippen molar-refractivity contribution in [1.29, 1.82) is 0 Å². The number of fused-ring (bicyclic) bond motifs is 6. The number of rotatable bonds is 5. The Morgan fingerprint density at radius 1 is 0.717 bits per heavy atom. The van der Waals surface area contributed by atoms with Crippen molar-refractivity contribution in [2.45, 2.75) is 145 Å². The van der Waals surface area contributed by atoms with Crippen LogP contribution in [-0.2, 0) is 38.1 Å². The van der Waals surface area contributed by atoms with Crippen molar-refractivity contribution >= 4 is 23.9 Å². The standard InChI is InChI=1S/C38H58O8/c1-22(39)43-21-38(10)31-15-17-35(7)19-26-11-13-29-34(5,6)33(46-25(4)42)28(44-23(2)40)20-37(29,9)27(26)12-14-30(35)36(31,8)18-16-32(38)45-24(3)41/h11,27-33H,12-21H2,1-10H3/t27-,28+,29-,30-,31+,32-,33+,35-,36+,37+,38+/m0/s1. The van der Waals surface area contributed by atoms with Crippen molar-refractivity contribution in [1.82, 2.24) is 0 Å². The van der Waals surface area contributed by atoms with E-state index in [0.717, 1.165) is 51.4 Å². The van der Waals surface area contributed by atoms with Crippen molar-refractivity contribution in [2.75, 3.05) is 6.61 Å². The molecule has 0 aliphatic heterocycles. The summed E-state index contributed by atoms with van der Waals surface area (Å²) in [6.07, 6.45) is 9.84. The fourth-order valence-corrected chi connectivity index (χ4v) is 12.4. The molecule has 0 amide bonds. The van der Waals surface area contributed by atoms with Gasteiger partial charge in [-0.1, -0.05) is 53.2 Å². The molecule has 0 saturated heterocycles.